The number of carbonyl (C=O) groups excluding carboxylic acids is 2. The van der Waals surface area contributed by atoms with Crippen LogP contribution >= 0.6 is 0 Å². The summed E-state index contributed by atoms with van der Waals surface area (Å²) in [6.07, 6.45) is 1.38. The van der Waals surface area contributed by atoms with Gasteiger partial charge in [0.15, 0.2) is 6.10 Å². The van der Waals surface area contributed by atoms with Crippen LogP contribution in [0, 0.1) is 5.92 Å². The van der Waals surface area contributed by atoms with E-state index in [1.807, 2.05) is 47.4 Å². The van der Waals surface area contributed by atoms with Gasteiger partial charge < -0.3 is 15.0 Å². The van der Waals surface area contributed by atoms with Crippen LogP contribution < -0.4 is 10.1 Å². The van der Waals surface area contributed by atoms with Gasteiger partial charge in [-0.15, -0.1) is 0 Å². The molecule has 3 aromatic rings. The molecule has 0 aromatic heterocycles. The fourth-order valence-electron chi connectivity index (χ4n) is 3.98. The summed E-state index contributed by atoms with van der Waals surface area (Å²) in [5.74, 6) is 1.04. The van der Waals surface area contributed by atoms with E-state index in [0.717, 1.165) is 37.1 Å². The van der Waals surface area contributed by atoms with Crippen molar-refractivity contribution in [2.24, 2.45) is 5.92 Å². The molecule has 0 saturated carbocycles. The van der Waals surface area contributed by atoms with E-state index in [1.54, 1.807) is 31.2 Å². The van der Waals surface area contributed by atoms with Crippen molar-refractivity contribution in [1.82, 2.24) is 4.90 Å². The molecule has 1 saturated heterocycles. The molecule has 0 spiro atoms. The number of benzene rings is 3. The molecule has 5 nitrogen and oxygen atoms in total. The zero-order chi connectivity index (χ0) is 23.2. The summed E-state index contributed by atoms with van der Waals surface area (Å²) in [6.45, 7) is 5.50. The first-order chi connectivity index (χ1) is 16.0. The molecule has 1 N–H and O–H groups in total. The van der Waals surface area contributed by atoms with Crippen LogP contribution in [0.4, 0.5) is 5.69 Å². The van der Waals surface area contributed by atoms with Crippen molar-refractivity contribution >= 4 is 17.5 Å². The Labute approximate surface area is 195 Å². The molecule has 4 rings (SSSR count). The van der Waals surface area contributed by atoms with Crippen LogP contribution in [0.2, 0.25) is 0 Å². The van der Waals surface area contributed by atoms with Crippen molar-refractivity contribution in [1.29, 1.82) is 0 Å². The lowest BCUT2D eigenvalue weighted by atomic mass is 9.98. The fraction of sp³-hybridized carbons (Fsp3) is 0.286. The van der Waals surface area contributed by atoms with Crippen LogP contribution in [-0.2, 0) is 4.79 Å². The van der Waals surface area contributed by atoms with Crippen LogP contribution in [0.1, 0.15) is 37.0 Å². The zero-order valence-corrected chi connectivity index (χ0v) is 19.2. The maximum absolute atomic E-state index is 12.8. The van der Waals surface area contributed by atoms with Crippen molar-refractivity contribution < 1.29 is 14.3 Å². The Bertz CT molecular complexity index is 1090. The molecular weight excluding hydrogens is 412 g/mol. The number of carbonyl (C=O) groups is 2. The fourth-order valence-corrected chi connectivity index (χ4v) is 3.98. The van der Waals surface area contributed by atoms with Gasteiger partial charge in [-0.25, -0.2) is 0 Å². The molecule has 3 aromatic carbocycles. The molecule has 33 heavy (non-hydrogen) atoms. The van der Waals surface area contributed by atoms with Gasteiger partial charge in [0.2, 0.25) is 0 Å². The molecule has 0 radical (unpaired) electrons. The largest absolute Gasteiger partial charge is 0.481 e. The second-order valence-corrected chi connectivity index (χ2v) is 8.70. The zero-order valence-electron chi connectivity index (χ0n) is 19.2. The molecular formula is C28H30N2O3. The standard InChI is InChI=1S/C28H30N2O3/c1-20-15-17-30(18-16-20)28(32)24-9-6-10-25(19-24)29-27(31)21(2)33-26-13-11-23(12-14-26)22-7-4-3-5-8-22/h3-14,19-21H,15-18H2,1-2H3,(H,29,31). The predicted octanol–water partition coefficient (Wildman–Crippen LogP) is 5.63. The minimum absolute atomic E-state index is 0.0146. The number of ether oxygens (including phenoxy) is 1. The first-order valence-electron chi connectivity index (χ1n) is 11.5. The summed E-state index contributed by atoms with van der Waals surface area (Å²) in [6, 6.07) is 24.9. The monoisotopic (exact) mass is 442 g/mol. The van der Waals surface area contributed by atoms with E-state index in [4.69, 9.17) is 4.74 Å². The van der Waals surface area contributed by atoms with Gasteiger partial charge in [-0.2, -0.15) is 0 Å². The minimum atomic E-state index is -0.685. The minimum Gasteiger partial charge on any atom is -0.481 e. The number of likely N-dealkylation sites (tertiary alicyclic amines) is 1. The Morgan fingerprint density at radius 3 is 2.27 bits per heavy atom. The van der Waals surface area contributed by atoms with Gasteiger partial charge in [0.25, 0.3) is 11.8 Å². The number of nitrogens with one attached hydrogen (secondary N) is 1. The van der Waals surface area contributed by atoms with Crippen molar-refractivity contribution in [2.45, 2.75) is 32.8 Å². The molecule has 1 aliphatic heterocycles. The lowest BCUT2D eigenvalue weighted by Gasteiger charge is -2.30. The Balaban J connectivity index is 1.35. The SMILES string of the molecule is CC1CCN(C(=O)c2cccc(NC(=O)C(C)Oc3ccc(-c4ccccc4)cc3)c2)CC1. The highest BCUT2D eigenvalue weighted by Gasteiger charge is 2.22. The number of amides is 2. The van der Waals surface area contributed by atoms with Crippen molar-refractivity contribution in [3.63, 3.8) is 0 Å². The Hall–Kier alpha value is -3.60. The highest BCUT2D eigenvalue weighted by atomic mass is 16.5. The molecule has 2 amide bonds. The lowest BCUT2D eigenvalue weighted by Crippen LogP contribution is -2.38. The third-order valence-electron chi connectivity index (χ3n) is 6.09. The highest BCUT2D eigenvalue weighted by molar-refractivity contribution is 5.98. The third kappa shape index (κ3) is 5.80. The maximum atomic E-state index is 12.8. The summed E-state index contributed by atoms with van der Waals surface area (Å²) in [4.78, 5) is 27.4. The quantitative estimate of drug-likeness (QED) is 0.538. The van der Waals surface area contributed by atoms with Crippen LogP contribution in [0.5, 0.6) is 5.75 Å². The van der Waals surface area contributed by atoms with E-state index < -0.39 is 6.10 Å². The van der Waals surface area contributed by atoms with Gasteiger partial charge >= 0.3 is 0 Å². The third-order valence-corrected chi connectivity index (χ3v) is 6.09. The van der Waals surface area contributed by atoms with Crippen LogP contribution in [0.3, 0.4) is 0 Å². The molecule has 0 aliphatic carbocycles. The first-order valence-corrected chi connectivity index (χ1v) is 11.5. The van der Waals surface area contributed by atoms with Crippen LogP contribution in [0.15, 0.2) is 78.9 Å². The number of hydrogen-bond acceptors (Lipinski definition) is 3. The number of anilines is 1. The predicted molar refractivity (Wildman–Crippen MR) is 131 cm³/mol. The van der Waals surface area contributed by atoms with E-state index in [-0.39, 0.29) is 11.8 Å². The highest BCUT2D eigenvalue weighted by Crippen LogP contribution is 2.23. The molecule has 170 valence electrons. The van der Waals surface area contributed by atoms with E-state index >= 15 is 0 Å². The normalized spacial score (nSPS) is 15.0. The van der Waals surface area contributed by atoms with Gasteiger partial charge in [0.1, 0.15) is 5.75 Å². The van der Waals surface area contributed by atoms with Crippen molar-refractivity contribution in [3.05, 3.63) is 84.4 Å². The first kappa shape index (κ1) is 22.6. The van der Waals surface area contributed by atoms with Gasteiger partial charge in [0, 0.05) is 24.3 Å². The summed E-state index contributed by atoms with van der Waals surface area (Å²) in [5.41, 5.74) is 3.39. The molecule has 1 fully saturated rings. The molecule has 1 atom stereocenters. The lowest BCUT2D eigenvalue weighted by molar-refractivity contribution is -0.122. The van der Waals surface area contributed by atoms with Gasteiger partial charge in [0.05, 0.1) is 0 Å². The molecule has 1 heterocycles. The Morgan fingerprint density at radius 2 is 1.58 bits per heavy atom. The second-order valence-electron chi connectivity index (χ2n) is 8.70. The van der Waals surface area contributed by atoms with E-state index in [1.165, 1.54) is 0 Å². The number of nitrogens with zero attached hydrogens (tertiary/aromatic N) is 1. The average molecular weight is 443 g/mol. The summed E-state index contributed by atoms with van der Waals surface area (Å²) in [5, 5.41) is 2.87. The summed E-state index contributed by atoms with van der Waals surface area (Å²) < 4.78 is 5.83. The maximum Gasteiger partial charge on any atom is 0.265 e. The van der Waals surface area contributed by atoms with Crippen LogP contribution in [-0.4, -0.2) is 35.9 Å². The number of piperidine rings is 1. The summed E-state index contributed by atoms with van der Waals surface area (Å²) >= 11 is 0. The van der Waals surface area contributed by atoms with Gasteiger partial charge in [-0.3, -0.25) is 9.59 Å². The molecule has 5 heteroatoms. The molecule has 0 bridgehead atoms. The molecule has 1 unspecified atom stereocenters. The number of hydrogen-bond donors (Lipinski definition) is 1. The topological polar surface area (TPSA) is 58.6 Å². The number of rotatable bonds is 6. The second kappa shape index (κ2) is 10.3. The Morgan fingerprint density at radius 1 is 0.909 bits per heavy atom. The van der Waals surface area contributed by atoms with E-state index in [2.05, 4.69) is 24.4 Å². The summed E-state index contributed by atoms with van der Waals surface area (Å²) in [7, 11) is 0. The Kier molecular flexibility index (Phi) is 7.08. The van der Waals surface area contributed by atoms with E-state index in [9.17, 15) is 9.59 Å². The van der Waals surface area contributed by atoms with Gasteiger partial charge in [-0.1, -0.05) is 55.5 Å². The average Bonchev–Trinajstić information content (AvgIpc) is 2.85. The van der Waals surface area contributed by atoms with Gasteiger partial charge in [-0.05, 0) is 67.1 Å². The van der Waals surface area contributed by atoms with Crippen molar-refractivity contribution in [3.8, 4) is 16.9 Å². The smallest absolute Gasteiger partial charge is 0.265 e. The molecule has 1 aliphatic rings. The van der Waals surface area contributed by atoms with E-state index in [0.29, 0.717) is 22.9 Å². The van der Waals surface area contributed by atoms with Crippen molar-refractivity contribution in [2.75, 3.05) is 18.4 Å². The van der Waals surface area contributed by atoms with Crippen LogP contribution in [0.25, 0.3) is 11.1 Å².